The third-order valence-corrected chi connectivity index (χ3v) is 3.73. The molecule has 108 valence electrons. The van der Waals surface area contributed by atoms with Gasteiger partial charge in [0.15, 0.2) is 0 Å². The van der Waals surface area contributed by atoms with Gasteiger partial charge in [-0.25, -0.2) is 9.59 Å². The van der Waals surface area contributed by atoms with Crippen molar-refractivity contribution in [3.05, 3.63) is 28.8 Å². The lowest BCUT2D eigenvalue weighted by molar-refractivity contribution is 0.0698. The molecule has 1 aliphatic rings. The van der Waals surface area contributed by atoms with Crippen molar-refractivity contribution in [3.8, 4) is 0 Å². The molecular weight excluding hydrogens is 280 g/mol. The molecule has 2 amide bonds. The van der Waals surface area contributed by atoms with Gasteiger partial charge in [0.2, 0.25) is 0 Å². The quantitative estimate of drug-likeness (QED) is 0.797. The van der Waals surface area contributed by atoms with Crippen LogP contribution in [0.3, 0.4) is 0 Å². The lowest BCUT2D eigenvalue weighted by Crippen LogP contribution is -2.47. The van der Waals surface area contributed by atoms with Gasteiger partial charge in [0, 0.05) is 10.6 Å². The molecular formula is C14H17ClN2O3. The number of amides is 2. The van der Waals surface area contributed by atoms with Crippen LogP contribution >= 0.6 is 11.6 Å². The fourth-order valence-corrected chi connectivity index (χ4v) is 2.33. The molecule has 6 heteroatoms. The molecule has 0 bridgehead atoms. The van der Waals surface area contributed by atoms with Gasteiger partial charge in [-0.05, 0) is 50.8 Å². The van der Waals surface area contributed by atoms with Crippen LogP contribution in [0.2, 0.25) is 5.02 Å². The number of nitrogens with one attached hydrogen (secondary N) is 2. The highest BCUT2D eigenvalue weighted by molar-refractivity contribution is 6.31. The van der Waals surface area contributed by atoms with E-state index in [-0.39, 0.29) is 16.8 Å². The van der Waals surface area contributed by atoms with Crippen LogP contribution in [-0.4, -0.2) is 22.6 Å². The first kappa shape index (κ1) is 14.7. The second-order valence-corrected chi connectivity index (χ2v) is 6.01. The molecule has 1 saturated carbocycles. The summed E-state index contributed by atoms with van der Waals surface area (Å²) in [6.07, 6.45) is 2.20. The van der Waals surface area contributed by atoms with Gasteiger partial charge in [0.1, 0.15) is 0 Å². The fraction of sp³-hybridized carbons (Fsp3) is 0.429. The van der Waals surface area contributed by atoms with Crippen molar-refractivity contribution < 1.29 is 14.7 Å². The van der Waals surface area contributed by atoms with Gasteiger partial charge in [-0.3, -0.25) is 0 Å². The van der Waals surface area contributed by atoms with Gasteiger partial charge >= 0.3 is 12.0 Å². The van der Waals surface area contributed by atoms with E-state index in [1.807, 2.05) is 13.8 Å². The summed E-state index contributed by atoms with van der Waals surface area (Å²) in [6.45, 7) is 3.92. The highest BCUT2D eigenvalue weighted by Crippen LogP contribution is 2.39. The average molecular weight is 297 g/mol. The standard InChI is InChI=1S/C14H17ClN2O3/c1-14(2,8-3-4-8)17-13(20)16-11-7-9(15)5-6-10(11)12(18)19/h5-8H,3-4H2,1-2H3,(H,18,19)(H2,16,17,20). The second kappa shape index (κ2) is 5.32. The van der Waals surface area contributed by atoms with Gasteiger partial charge in [0.05, 0.1) is 11.3 Å². The van der Waals surface area contributed by atoms with Crippen molar-refractivity contribution >= 4 is 29.3 Å². The van der Waals surface area contributed by atoms with Crippen LogP contribution in [-0.2, 0) is 0 Å². The van der Waals surface area contributed by atoms with E-state index in [1.54, 1.807) is 0 Å². The lowest BCUT2D eigenvalue weighted by atomic mass is 9.99. The third-order valence-electron chi connectivity index (χ3n) is 3.49. The summed E-state index contributed by atoms with van der Waals surface area (Å²) in [6, 6.07) is 3.84. The van der Waals surface area contributed by atoms with Crippen LogP contribution < -0.4 is 10.6 Å². The van der Waals surface area contributed by atoms with Gasteiger partial charge in [-0.15, -0.1) is 0 Å². The van der Waals surface area contributed by atoms with E-state index in [2.05, 4.69) is 10.6 Å². The maximum atomic E-state index is 12.0. The zero-order chi connectivity index (χ0) is 14.9. The van der Waals surface area contributed by atoms with Gasteiger partial charge < -0.3 is 15.7 Å². The van der Waals surface area contributed by atoms with E-state index in [4.69, 9.17) is 16.7 Å². The average Bonchev–Trinajstić information content (AvgIpc) is 3.11. The van der Waals surface area contributed by atoms with Crippen LogP contribution in [0.5, 0.6) is 0 Å². The van der Waals surface area contributed by atoms with Crippen LogP contribution in [0.25, 0.3) is 0 Å². The number of hydrogen-bond donors (Lipinski definition) is 3. The highest BCUT2D eigenvalue weighted by Gasteiger charge is 2.38. The molecule has 0 radical (unpaired) electrons. The van der Waals surface area contributed by atoms with Crippen molar-refractivity contribution in [2.75, 3.05) is 5.32 Å². The van der Waals surface area contributed by atoms with E-state index in [0.29, 0.717) is 10.9 Å². The van der Waals surface area contributed by atoms with E-state index in [0.717, 1.165) is 12.8 Å². The maximum absolute atomic E-state index is 12.0. The van der Waals surface area contributed by atoms with Crippen molar-refractivity contribution in [1.82, 2.24) is 5.32 Å². The van der Waals surface area contributed by atoms with Crippen LogP contribution in [0, 0.1) is 5.92 Å². The minimum Gasteiger partial charge on any atom is -0.478 e. The number of carbonyl (C=O) groups is 2. The SMILES string of the molecule is CC(C)(NC(=O)Nc1cc(Cl)ccc1C(=O)O)C1CC1. The molecule has 0 unspecified atom stereocenters. The number of aromatic carboxylic acids is 1. The predicted molar refractivity (Wildman–Crippen MR) is 77.4 cm³/mol. The second-order valence-electron chi connectivity index (χ2n) is 5.57. The number of anilines is 1. The first-order valence-corrected chi connectivity index (χ1v) is 6.79. The Morgan fingerprint density at radius 1 is 1.35 bits per heavy atom. The number of carboxylic acid groups (broad SMARTS) is 1. The predicted octanol–water partition coefficient (Wildman–Crippen LogP) is 3.35. The van der Waals surface area contributed by atoms with E-state index in [9.17, 15) is 9.59 Å². The molecule has 0 aromatic heterocycles. The zero-order valence-corrected chi connectivity index (χ0v) is 12.1. The van der Waals surface area contributed by atoms with Crippen molar-refractivity contribution in [3.63, 3.8) is 0 Å². The Morgan fingerprint density at radius 2 is 2.00 bits per heavy atom. The van der Waals surface area contributed by atoms with Gasteiger partial charge in [-0.1, -0.05) is 11.6 Å². The number of carboxylic acids is 1. The van der Waals surface area contributed by atoms with Crippen LogP contribution in [0.15, 0.2) is 18.2 Å². The van der Waals surface area contributed by atoms with Crippen molar-refractivity contribution in [2.45, 2.75) is 32.2 Å². The Hall–Kier alpha value is -1.75. The number of rotatable bonds is 4. The Morgan fingerprint density at radius 3 is 2.55 bits per heavy atom. The summed E-state index contributed by atoms with van der Waals surface area (Å²) >= 11 is 5.83. The molecule has 5 nitrogen and oxygen atoms in total. The molecule has 0 heterocycles. The zero-order valence-electron chi connectivity index (χ0n) is 11.4. The van der Waals surface area contributed by atoms with Gasteiger partial charge in [0.25, 0.3) is 0 Å². The largest absolute Gasteiger partial charge is 0.478 e. The molecule has 1 aromatic rings. The minimum atomic E-state index is -1.11. The smallest absolute Gasteiger partial charge is 0.337 e. The molecule has 2 rings (SSSR count). The highest BCUT2D eigenvalue weighted by atomic mass is 35.5. The molecule has 1 aliphatic carbocycles. The van der Waals surface area contributed by atoms with E-state index in [1.165, 1.54) is 18.2 Å². The van der Waals surface area contributed by atoms with E-state index >= 15 is 0 Å². The first-order valence-electron chi connectivity index (χ1n) is 6.41. The Bertz CT molecular complexity index is 553. The number of hydrogen-bond acceptors (Lipinski definition) is 2. The van der Waals surface area contributed by atoms with E-state index < -0.39 is 12.0 Å². The van der Waals surface area contributed by atoms with Crippen LogP contribution in [0.4, 0.5) is 10.5 Å². The topological polar surface area (TPSA) is 78.4 Å². The molecule has 1 fully saturated rings. The summed E-state index contributed by atoms with van der Waals surface area (Å²) in [5, 5.41) is 14.9. The number of halogens is 1. The normalized spacial score (nSPS) is 14.8. The summed E-state index contributed by atoms with van der Waals surface area (Å²) in [4.78, 5) is 23.1. The lowest BCUT2D eigenvalue weighted by Gasteiger charge is -2.26. The summed E-state index contributed by atoms with van der Waals surface area (Å²) in [5.74, 6) is -0.634. The maximum Gasteiger partial charge on any atom is 0.337 e. The number of urea groups is 1. The molecule has 0 saturated heterocycles. The van der Waals surface area contributed by atoms with Gasteiger partial charge in [-0.2, -0.15) is 0 Å². The monoisotopic (exact) mass is 296 g/mol. The van der Waals surface area contributed by atoms with Crippen molar-refractivity contribution in [1.29, 1.82) is 0 Å². The molecule has 0 atom stereocenters. The summed E-state index contributed by atoms with van der Waals surface area (Å²) in [5.41, 5.74) is -0.102. The molecule has 3 N–H and O–H groups in total. The summed E-state index contributed by atoms with van der Waals surface area (Å²) in [7, 11) is 0. The minimum absolute atomic E-state index is 0.00813. The Balaban J connectivity index is 2.11. The molecule has 1 aromatic carbocycles. The molecule has 0 spiro atoms. The third kappa shape index (κ3) is 3.42. The molecule has 20 heavy (non-hydrogen) atoms. The Labute approximate surface area is 122 Å². The summed E-state index contributed by atoms with van der Waals surface area (Å²) < 4.78 is 0. The first-order chi connectivity index (χ1) is 9.29. The fourth-order valence-electron chi connectivity index (χ4n) is 2.16. The van der Waals surface area contributed by atoms with Crippen LogP contribution in [0.1, 0.15) is 37.0 Å². The Kier molecular flexibility index (Phi) is 3.90. The number of benzene rings is 1. The van der Waals surface area contributed by atoms with Crippen molar-refractivity contribution in [2.24, 2.45) is 5.92 Å². The molecule has 0 aliphatic heterocycles. The number of carbonyl (C=O) groups excluding carboxylic acids is 1.